The van der Waals surface area contributed by atoms with E-state index in [9.17, 15) is 4.79 Å². The molecule has 1 amide bonds. The molecule has 110 valence electrons. The highest BCUT2D eigenvalue weighted by atomic mass is 16.5. The Kier molecular flexibility index (Phi) is 3.92. The summed E-state index contributed by atoms with van der Waals surface area (Å²) in [4.78, 5) is 12.0. The number of amides is 1. The van der Waals surface area contributed by atoms with Crippen LogP contribution in [0.3, 0.4) is 0 Å². The minimum Gasteiger partial charge on any atom is -0.491 e. The Labute approximate surface area is 128 Å². The summed E-state index contributed by atoms with van der Waals surface area (Å²) in [5.41, 5.74) is 2.40. The van der Waals surface area contributed by atoms with Gasteiger partial charge in [0.05, 0.1) is 24.2 Å². The fourth-order valence-electron chi connectivity index (χ4n) is 2.37. The monoisotopic (exact) mass is 293 g/mol. The maximum atomic E-state index is 12.0. The topological polar surface area (TPSA) is 74.2 Å². The highest BCUT2D eigenvalue weighted by Crippen LogP contribution is 2.31. The van der Waals surface area contributed by atoms with Crippen LogP contribution in [0.1, 0.15) is 17.2 Å². The molecular formula is C17H15N3O2. The molecule has 0 fully saturated rings. The van der Waals surface area contributed by atoms with Gasteiger partial charge in [0.2, 0.25) is 5.91 Å². The van der Waals surface area contributed by atoms with Crippen LogP contribution < -0.4 is 15.4 Å². The standard InChI is InChI=1S/C17H15N3O2/c18-9-12-5-7-13(8-6-12)19-10-17(21)20-15-11-22-16-4-2-1-3-14(15)16/h1-8,15,19H,10-11H2,(H,20,21)/t15-/m0/s1. The number of para-hydroxylation sites is 1. The third kappa shape index (κ3) is 3.01. The number of nitriles is 1. The van der Waals surface area contributed by atoms with Crippen molar-refractivity contribution in [3.8, 4) is 11.8 Å². The fraction of sp³-hybridized carbons (Fsp3) is 0.176. The first-order valence-electron chi connectivity index (χ1n) is 7.01. The summed E-state index contributed by atoms with van der Waals surface area (Å²) in [5, 5.41) is 14.7. The average Bonchev–Trinajstić information content (AvgIpc) is 2.97. The molecule has 0 saturated carbocycles. The molecule has 5 heteroatoms. The van der Waals surface area contributed by atoms with E-state index in [4.69, 9.17) is 10.00 Å². The number of nitrogens with one attached hydrogen (secondary N) is 2. The number of nitrogens with zero attached hydrogens (tertiary/aromatic N) is 1. The molecule has 0 bridgehead atoms. The Morgan fingerprint density at radius 2 is 2.00 bits per heavy atom. The zero-order valence-electron chi connectivity index (χ0n) is 11.9. The van der Waals surface area contributed by atoms with Crippen LogP contribution in [0.25, 0.3) is 0 Å². The van der Waals surface area contributed by atoms with Gasteiger partial charge in [-0.3, -0.25) is 4.79 Å². The largest absolute Gasteiger partial charge is 0.491 e. The van der Waals surface area contributed by atoms with Gasteiger partial charge in [0.25, 0.3) is 0 Å². The first kappa shape index (κ1) is 14.0. The summed E-state index contributed by atoms with van der Waals surface area (Å²) in [6.07, 6.45) is 0. The molecule has 2 N–H and O–H groups in total. The molecular weight excluding hydrogens is 278 g/mol. The van der Waals surface area contributed by atoms with Gasteiger partial charge in [-0.2, -0.15) is 5.26 Å². The van der Waals surface area contributed by atoms with E-state index in [1.54, 1.807) is 24.3 Å². The quantitative estimate of drug-likeness (QED) is 0.906. The zero-order valence-corrected chi connectivity index (χ0v) is 11.9. The van der Waals surface area contributed by atoms with Gasteiger partial charge in [0, 0.05) is 11.3 Å². The molecule has 3 rings (SSSR count). The molecule has 1 atom stereocenters. The predicted molar refractivity (Wildman–Crippen MR) is 82.5 cm³/mol. The lowest BCUT2D eigenvalue weighted by Gasteiger charge is -2.12. The van der Waals surface area contributed by atoms with Crippen molar-refractivity contribution in [1.82, 2.24) is 5.32 Å². The van der Waals surface area contributed by atoms with Crippen molar-refractivity contribution in [1.29, 1.82) is 5.26 Å². The van der Waals surface area contributed by atoms with Gasteiger partial charge in [-0.25, -0.2) is 0 Å². The second-order valence-electron chi connectivity index (χ2n) is 5.01. The number of ether oxygens (including phenoxy) is 1. The Hall–Kier alpha value is -3.00. The van der Waals surface area contributed by atoms with Crippen LogP contribution in [0.2, 0.25) is 0 Å². The molecule has 0 radical (unpaired) electrons. The van der Waals surface area contributed by atoms with Crippen LogP contribution in [-0.2, 0) is 4.79 Å². The van der Waals surface area contributed by atoms with Crippen LogP contribution in [0.4, 0.5) is 5.69 Å². The number of rotatable bonds is 4. The number of fused-ring (bicyclic) bond motifs is 1. The Morgan fingerprint density at radius 3 is 2.77 bits per heavy atom. The molecule has 0 unspecified atom stereocenters. The van der Waals surface area contributed by atoms with Gasteiger partial charge in [0.15, 0.2) is 0 Å². The van der Waals surface area contributed by atoms with Crippen molar-refractivity contribution in [2.75, 3.05) is 18.5 Å². The molecule has 22 heavy (non-hydrogen) atoms. The van der Waals surface area contributed by atoms with Gasteiger partial charge in [-0.05, 0) is 30.3 Å². The van der Waals surface area contributed by atoms with Gasteiger partial charge in [0.1, 0.15) is 12.4 Å². The number of benzene rings is 2. The van der Waals surface area contributed by atoms with E-state index in [0.717, 1.165) is 17.0 Å². The molecule has 1 heterocycles. The third-order valence-electron chi connectivity index (χ3n) is 3.50. The van der Waals surface area contributed by atoms with E-state index in [1.807, 2.05) is 24.3 Å². The Morgan fingerprint density at radius 1 is 1.23 bits per heavy atom. The van der Waals surface area contributed by atoms with Crippen molar-refractivity contribution in [2.24, 2.45) is 0 Å². The summed E-state index contributed by atoms with van der Waals surface area (Å²) in [6.45, 7) is 0.631. The smallest absolute Gasteiger partial charge is 0.239 e. The summed E-state index contributed by atoms with van der Waals surface area (Å²) in [5.74, 6) is 0.725. The second kappa shape index (κ2) is 6.19. The normalized spacial score (nSPS) is 15.3. The summed E-state index contributed by atoms with van der Waals surface area (Å²) in [6, 6.07) is 16.6. The van der Waals surface area contributed by atoms with Crippen LogP contribution in [0, 0.1) is 11.3 Å². The molecule has 1 aliphatic rings. The minimum atomic E-state index is -0.105. The highest BCUT2D eigenvalue weighted by molar-refractivity contribution is 5.81. The third-order valence-corrected chi connectivity index (χ3v) is 3.50. The van der Waals surface area contributed by atoms with Crippen LogP contribution in [-0.4, -0.2) is 19.1 Å². The molecule has 0 saturated heterocycles. The summed E-state index contributed by atoms with van der Waals surface area (Å²) < 4.78 is 5.53. The van der Waals surface area contributed by atoms with E-state index in [-0.39, 0.29) is 18.5 Å². The second-order valence-corrected chi connectivity index (χ2v) is 5.01. The van der Waals surface area contributed by atoms with Gasteiger partial charge in [-0.15, -0.1) is 0 Å². The SMILES string of the molecule is N#Cc1ccc(NCC(=O)N[C@H]2COc3ccccc32)cc1. The molecule has 5 nitrogen and oxygen atoms in total. The van der Waals surface area contributed by atoms with Crippen molar-refractivity contribution >= 4 is 11.6 Å². The number of hydrogen-bond donors (Lipinski definition) is 2. The van der Waals surface area contributed by atoms with Crippen molar-refractivity contribution in [3.05, 3.63) is 59.7 Å². The van der Waals surface area contributed by atoms with Crippen LogP contribution in [0.5, 0.6) is 5.75 Å². The minimum absolute atomic E-state index is 0.102. The summed E-state index contributed by atoms with van der Waals surface area (Å²) >= 11 is 0. The highest BCUT2D eigenvalue weighted by Gasteiger charge is 2.24. The van der Waals surface area contributed by atoms with E-state index in [2.05, 4.69) is 16.7 Å². The molecule has 2 aromatic rings. The molecule has 0 spiro atoms. The lowest BCUT2D eigenvalue weighted by molar-refractivity contribution is -0.120. The average molecular weight is 293 g/mol. The number of carbonyl (C=O) groups excluding carboxylic acids is 1. The fourth-order valence-corrected chi connectivity index (χ4v) is 2.37. The number of anilines is 1. The van der Waals surface area contributed by atoms with Crippen LogP contribution >= 0.6 is 0 Å². The first-order chi connectivity index (χ1) is 10.8. The molecule has 0 aromatic heterocycles. The van der Waals surface area contributed by atoms with Crippen molar-refractivity contribution in [3.63, 3.8) is 0 Å². The van der Waals surface area contributed by atoms with Gasteiger partial charge in [-0.1, -0.05) is 18.2 Å². The zero-order chi connectivity index (χ0) is 15.4. The van der Waals surface area contributed by atoms with Crippen molar-refractivity contribution in [2.45, 2.75) is 6.04 Å². The van der Waals surface area contributed by atoms with Crippen molar-refractivity contribution < 1.29 is 9.53 Å². The van der Waals surface area contributed by atoms with Gasteiger partial charge >= 0.3 is 0 Å². The Balaban J connectivity index is 1.54. The Bertz CT molecular complexity index is 719. The van der Waals surface area contributed by atoms with Crippen LogP contribution in [0.15, 0.2) is 48.5 Å². The molecule has 1 aliphatic heterocycles. The van der Waals surface area contributed by atoms with E-state index in [1.165, 1.54) is 0 Å². The van der Waals surface area contributed by atoms with Gasteiger partial charge < -0.3 is 15.4 Å². The first-order valence-corrected chi connectivity index (χ1v) is 7.01. The number of hydrogen-bond acceptors (Lipinski definition) is 4. The predicted octanol–water partition coefficient (Wildman–Crippen LogP) is 2.22. The molecule has 2 aromatic carbocycles. The van der Waals surface area contributed by atoms with E-state index in [0.29, 0.717) is 12.2 Å². The lowest BCUT2D eigenvalue weighted by atomic mass is 10.1. The summed E-state index contributed by atoms with van der Waals surface area (Å²) in [7, 11) is 0. The lowest BCUT2D eigenvalue weighted by Crippen LogP contribution is -2.34. The van der Waals surface area contributed by atoms with E-state index < -0.39 is 0 Å². The molecule has 0 aliphatic carbocycles. The maximum Gasteiger partial charge on any atom is 0.239 e. The maximum absolute atomic E-state index is 12.0. The van der Waals surface area contributed by atoms with E-state index >= 15 is 0 Å². The number of carbonyl (C=O) groups is 1.